The molecule has 1 aromatic rings. The van der Waals surface area contributed by atoms with Crippen LogP contribution in [0, 0.1) is 17.5 Å². The van der Waals surface area contributed by atoms with E-state index in [0.29, 0.717) is 6.07 Å². The summed E-state index contributed by atoms with van der Waals surface area (Å²) in [7, 11) is 0. The number of hydrogen-bond acceptors (Lipinski definition) is 3. The Morgan fingerprint density at radius 2 is 1.94 bits per heavy atom. The topological polar surface area (TPSA) is 81.6 Å². The summed E-state index contributed by atoms with van der Waals surface area (Å²) in [6.07, 6.45) is -1.16. The van der Waals surface area contributed by atoms with Crippen LogP contribution in [0.4, 0.5) is 23.7 Å². The molecule has 0 aliphatic heterocycles. The summed E-state index contributed by atoms with van der Waals surface area (Å²) in [6, 6.07) is 0.597. The van der Waals surface area contributed by atoms with Gasteiger partial charge in [-0.05, 0) is 12.1 Å². The molecule has 0 aliphatic rings. The number of nitrogens with one attached hydrogen (secondary N) is 2. The zero-order chi connectivity index (χ0) is 13.7. The van der Waals surface area contributed by atoms with E-state index in [9.17, 15) is 18.0 Å². The van der Waals surface area contributed by atoms with Crippen LogP contribution in [-0.4, -0.2) is 35.5 Å². The number of halogens is 3. The van der Waals surface area contributed by atoms with E-state index in [2.05, 4.69) is 5.32 Å². The summed E-state index contributed by atoms with van der Waals surface area (Å²) in [4.78, 5) is 11.2. The minimum absolute atomic E-state index is 0.270. The third-order valence-corrected chi connectivity index (χ3v) is 1.99. The monoisotopic (exact) mass is 264 g/mol. The summed E-state index contributed by atoms with van der Waals surface area (Å²) in [6.45, 7) is -0.826. The molecule has 0 saturated carbocycles. The first-order chi connectivity index (χ1) is 8.45. The van der Waals surface area contributed by atoms with Gasteiger partial charge in [0.15, 0.2) is 17.5 Å². The highest BCUT2D eigenvalue weighted by Gasteiger charge is 2.15. The second-order valence-electron chi connectivity index (χ2n) is 3.39. The van der Waals surface area contributed by atoms with Crippen molar-refractivity contribution in [3.63, 3.8) is 0 Å². The highest BCUT2D eigenvalue weighted by Crippen LogP contribution is 2.19. The van der Waals surface area contributed by atoms with Crippen molar-refractivity contribution in [3.8, 4) is 0 Å². The van der Waals surface area contributed by atoms with Crippen LogP contribution < -0.4 is 10.6 Å². The van der Waals surface area contributed by atoms with Crippen LogP contribution in [0.25, 0.3) is 0 Å². The predicted molar refractivity (Wildman–Crippen MR) is 56.4 cm³/mol. The van der Waals surface area contributed by atoms with Crippen molar-refractivity contribution in [1.29, 1.82) is 0 Å². The van der Waals surface area contributed by atoms with E-state index < -0.39 is 41.9 Å². The Labute approximate surface area is 100 Å². The van der Waals surface area contributed by atoms with Gasteiger partial charge in [-0.15, -0.1) is 0 Å². The molecule has 8 heteroatoms. The molecule has 2 amide bonds. The number of urea groups is 1. The Kier molecular flexibility index (Phi) is 4.93. The van der Waals surface area contributed by atoms with E-state index >= 15 is 0 Å². The highest BCUT2D eigenvalue weighted by molar-refractivity contribution is 5.89. The number of hydrogen-bond donors (Lipinski definition) is 4. The molecule has 1 atom stereocenters. The molecular weight excluding hydrogens is 253 g/mol. The van der Waals surface area contributed by atoms with E-state index in [1.807, 2.05) is 5.32 Å². The largest absolute Gasteiger partial charge is 0.394 e. The fourth-order valence-corrected chi connectivity index (χ4v) is 1.06. The van der Waals surface area contributed by atoms with Gasteiger partial charge in [0.25, 0.3) is 0 Å². The molecule has 0 heterocycles. The number of aliphatic hydroxyl groups is 2. The molecule has 0 aromatic heterocycles. The van der Waals surface area contributed by atoms with E-state index in [4.69, 9.17) is 10.2 Å². The molecule has 1 rings (SSSR count). The van der Waals surface area contributed by atoms with Gasteiger partial charge in [-0.3, -0.25) is 0 Å². The third-order valence-electron chi connectivity index (χ3n) is 1.99. The average Bonchev–Trinajstić information content (AvgIpc) is 2.36. The van der Waals surface area contributed by atoms with Crippen LogP contribution in [0.15, 0.2) is 12.1 Å². The smallest absolute Gasteiger partial charge is 0.319 e. The second kappa shape index (κ2) is 6.22. The van der Waals surface area contributed by atoms with Crippen molar-refractivity contribution in [3.05, 3.63) is 29.6 Å². The van der Waals surface area contributed by atoms with Gasteiger partial charge in [-0.1, -0.05) is 0 Å². The lowest BCUT2D eigenvalue weighted by Crippen LogP contribution is -2.36. The molecule has 0 bridgehead atoms. The van der Waals surface area contributed by atoms with Gasteiger partial charge in [0, 0.05) is 6.54 Å². The molecule has 100 valence electrons. The van der Waals surface area contributed by atoms with Gasteiger partial charge in [0.05, 0.1) is 18.4 Å². The number of carbonyl (C=O) groups excluding carboxylic acids is 1. The van der Waals surface area contributed by atoms with Gasteiger partial charge in [-0.25, -0.2) is 18.0 Å². The molecule has 0 aliphatic carbocycles. The Balaban J connectivity index is 2.63. The molecule has 4 N–H and O–H groups in total. The summed E-state index contributed by atoms with van der Waals surface area (Å²) in [5.41, 5.74) is -0.537. The van der Waals surface area contributed by atoms with Crippen molar-refractivity contribution < 1.29 is 28.2 Å². The van der Waals surface area contributed by atoms with E-state index in [-0.39, 0.29) is 6.54 Å². The second-order valence-corrected chi connectivity index (χ2v) is 3.39. The summed E-state index contributed by atoms with van der Waals surface area (Å²) < 4.78 is 38.5. The minimum Gasteiger partial charge on any atom is -0.394 e. The minimum atomic E-state index is -1.69. The van der Waals surface area contributed by atoms with E-state index in [1.54, 1.807) is 0 Å². The number of amides is 2. The maximum absolute atomic E-state index is 13.1. The number of benzene rings is 1. The molecule has 1 aromatic carbocycles. The highest BCUT2D eigenvalue weighted by atomic mass is 19.2. The number of anilines is 1. The Hall–Kier alpha value is -1.80. The van der Waals surface area contributed by atoms with Gasteiger partial charge >= 0.3 is 6.03 Å². The van der Waals surface area contributed by atoms with Crippen LogP contribution in [0.2, 0.25) is 0 Å². The van der Waals surface area contributed by atoms with Gasteiger partial charge < -0.3 is 20.8 Å². The van der Waals surface area contributed by atoms with Crippen molar-refractivity contribution in [2.45, 2.75) is 6.10 Å². The summed E-state index contributed by atoms with van der Waals surface area (Å²) in [5, 5.41) is 21.4. The van der Waals surface area contributed by atoms with Crippen molar-refractivity contribution in [1.82, 2.24) is 5.32 Å². The summed E-state index contributed by atoms with van der Waals surface area (Å²) >= 11 is 0. The van der Waals surface area contributed by atoms with Crippen LogP contribution in [0.5, 0.6) is 0 Å². The Morgan fingerprint density at radius 3 is 2.56 bits per heavy atom. The fourth-order valence-electron chi connectivity index (χ4n) is 1.06. The van der Waals surface area contributed by atoms with Gasteiger partial charge in [0.2, 0.25) is 0 Å². The quantitative estimate of drug-likeness (QED) is 0.600. The standard InChI is InChI=1S/C10H11F3N2O3/c11-6-1-2-7(9(13)8(6)12)15-10(18)14-3-5(17)4-16/h1-2,5,16-17H,3-4H2,(H2,14,15,18). The van der Waals surface area contributed by atoms with E-state index in [0.717, 1.165) is 6.07 Å². The van der Waals surface area contributed by atoms with Crippen LogP contribution in [0.3, 0.4) is 0 Å². The molecule has 5 nitrogen and oxygen atoms in total. The lowest BCUT2D eigenvalue weighted by molar-refractivity contribution is 0.0965. The molecular formula is C10H11F3N2O3. The zero-order valence-electron chi connectivity index (χ0n) is 9.08. The van der Waals surface area contributed by atoms with Crippen LogP contribution in [-0.2, 0) is 0 Å². The van der Waals surface area contributed by atoms with Gasteiger partial charge in [-0.2, -0.15) is 0 Å². The lowest BCUT2D eigenvalue weighted by Gasteiger charge is -2.11. The Morgan fingerprint density at radius 1 is 1.28 bits per heavy atom. The third kappa shape index (κ3) is 3.60. The van der Waals surface area contributed by atoms with Crippen molar-refractivity contribution >= 4 is 11.7 Å². The predicted octanol–water partition coefficient (Wildman–Crippen LogP) is 0.579. The van der Waals surface area contributed by atoms with Crippen LogP contribution in [0.1, 0.15) is 0 Å². The number of aliphatic hydroxyl groups excluding tert-OH is 2. The molecule has 1 unspecified atom stereocenters. The molecule has 0 saturated heterocycles. The molecule has 0 spiro atoms. The first kappa shape index (κ1) is 14.3. The first-order valence-electron chi connectivity index (χ1n) is 4.93. The number of rotatable bonds is 4. The number of carbonyl (C=O) groups is 1. The normalized spacial score (nSPS) is 12.1. The maximum Gasteiger partial charge on any atom is 0.319 e. The molecule has 18 heavy (non-hydrogen) atoms. The first-order valence-corrected chi connectivity index (χ1v) is 4.93. The van der Waals surface area contributed by atoms with Crippen molar-refractivity contribution in [2.24, 2.45) is 0 Å². The van der Waals surface area contributed by atoms with Crippen LogP contribution >= 0.6 is 0 Å². The molecule has 0 radical (unpaired) electrons. The summed E-state index contributed by atoms with van der Waals surface area (Å²) in [5.74, 6) is -4.58. The lowest BCUT2D eigenvalue weighted by atomic mass is 10.3. The van der Waals surface area contributed by atoms with E-state index in [1.165, 1.54) is 0 Å². The zero-order valence-corrected chi connectivity index (χ0v) is 9.08. The van der Waals surface area contributed by atoms with Gasteiger partial charge in [0.1, 0.15) is 0 Å². The molecule has 0 fully saturated rings. The van der Waals surface area contributed by atoms with Crippen molar-refractivity contribution in [2.75, 3.05) is 18.5 Å². The maximum atomic E-state index is 13.1. The fraction of sp³-hybridized carbons (Fsp3) is 0.300. The average molecular weight is 264 g/mol. The Bertz CT molecular complexity index is 443. The SMILES string of the molecule is O=C(NCC(O)CO)Nc1ccc(F)c(F)c1F.